The number of hydrogen-bond donors (Lipinski definition) is 1. The number of hydrogen-bond acceptors (Lipinski definition) is 2. The molecule has 1 amide bonds. The van der Waals surface area contributed by atoms with Gasteiger partial charge in [0.25, 0.3) is 0 Å². The van der Waals surface area contributed by atoms with Gasteiger partial charge in [-0.05, 0) is 25.5 Å². The van der Waals surface area contributed by atoms with E-state index >= 15 is 0 Å². The zero-order valence-corrected chi connectivity index (χ0v) is 13.5. The number of aryl methyl sites for hydroxylation is 1. The highest BCUT2D eigenvalue weighted by molar-refractivity contribution is 5.75. The molecule has 3 nitrogen and oxygen atoms in total. The zero-order chi connectivity index (χ0) is 15.3. The van der Waals surface area contributed by atoms with Gasteiger partial charge in [0.15, 0.2) is 0 Å². The van der Waals surface area contributed by atoms with Gasteiger partial charge in [-0.1, -0.05) is 56.7 Å². The Bertz CT molecular complexity index is 387. The van der Waals surface area contributed by atoms with E-state index in [9.17, 15) is 4.79 Å². The average molecular weight is 291 g/mol. The molecule has 0 spiro atoms. The number of unbranched alkanes of at least 4 members (excludes halogenated alkanes) is 5. The van der Waals surface area contributed by atoms with E-state index in [0.29, 0.717) is 13.0 Å². The molecule has 0 aliphatic heterocycles. The Balaban J connectivity index is 1.97. The largest absolute Gasteiger partial charge is 0.493 e. The molecule has 0 atom stereocenters. The molecule has 118 valence electrons. The fraction of sp³-hybridized carbons (Fsp3) is 0.611. The van der Waals surface area contributed by atoms with E-state index in [2.05, 4.69) is 12.2 Å². The molecule has 0 unspecified atom stereocenters. The van der Waals surface area contributed by atoms with Gasteiger partial charge in [0.2, 0.25) is 5.91 Å². The van der Waals surface area contributed by atoms with Crippen LogP contribution in [0.4, 0.5) is 0 Å². The van der Waals surface area contributed by atoms with Crippen LogP contribution in [0.3, 0.4) is 0 Å². The lowest BCUT2D eigenvalue weighted by Gasteiger charge is -2.07. The topological polar surface area (TPSA) is 38.3 Å². The first-order valence-electron chi connectivity index (χ1n) is 8.18. The maximum atomic E-state index is 11.6. The minimum Gasteiger partial charge on any atom is -0.493 e. The summed E-state index contributed by atoms with van der Waals surface area (Å²) in [5, 5.41) is 2.95. The third-order valence-corrected chi connectivity index (χ3v) is 3.47. The number of nitrogens with one attached hydrogen (secondary N) is 1. The molecule has 0 aliphatic carbocycles. The van der Waals surface area contributed by atoms with E-state index in [1.807, 2.05) is 31.2 Å². The van der Waals surface area contributed by atoms with Crippen LogP contribution in [-0.4, -0.2) is 19.1 Å². The summed E-state index contributed by atoms with van der Waals surface area (Å²) in [5.74, 6) is 0.903. The highest BCUT2D eigenvalue weighted by Crippen LogP contribution is 2.11. The van der Waals surface area contributed by atoms with Crippen LogP contribution in [0.25, 0.3) is 0 Å². The van der Waals surface area contributed by atoms with Gasteiger partial charge in [-0.25, -0.2) is 0 Å². The van der Waals surface area contributed by atoms with E-state index in [0.717, 1.165) is 18.7 Å². The summed E-state index contributed by atoms with van der Waals surface area (Å²) in [7, 11) is 0. The van der Waals surface area contributed by atoms with E-state index in [-0.39, 0.29) is 5.91 Å². The fourth-order valence-corrected chi connectivity index (χ4v) is 2.12. The van der Waals surface area contributed by atoms with Crippen molar-refractivity contribution in [3.63, 3.8) is 0 Å². The summed E-state index contributed by atoms with van der Waals surface area (Å²) in [6.45, 7) is 5.49. The molecule has 0 bridgehead atoms. The van der Waals surface area contributed by atoms with Gasteiger partial charge in [-0.2, -0.15) is 0 Å². The second-order valence-electron chi connectivity index (χ2n) is 5.53. The molecule has 0 heterocycles. The first-order chi connectivity index (χ1) is 10.2. The highest BCUT2D eigenvalue weighted by atomic mass is 16.5. The minimum absolute atomic E-state index is 0.0793. The minimum atomic E-state index is 0.0793. The lowest BCUT2D eigenvalue weighted by atomic mass is 10.1. The lowest BCUT2D eigenvalue weighted by molar-refractivity contribution is -0.121. The van der Waals surface area contributed by atoms with Gasteiger partial charge < -0.3 is 10.1 Å². The predicted molar refractivity (Wildman–Crippen MR) is 87.7 cm³/mol. The molecule has 0 saturated heterocycles. The van der Waals surface area contributed by atoms with Gasteiger partial charge in [0.05, 0.1) is 13.0 Å². The van der Waals surface area contributed by atoms with Crippen LogP contribution in [-0.2, 0) is 4.79 Å². The van der Waals surface area contributed by atoms with Crippen LogP contribution in [0.1, 0.15) is 57.4 Å². The molecule has 0 aromatic heterocycles. The standard InChI is InChI=1S/C18H29NO2/c1-3-4-5-6-7-8-14-19-18(20)13-15-21-17-11-9-16(2)10-12-17/h9-12H,3-8,13-15H2,1-2H3,(H,19,20). The molecule has 1 aromatic rings. The van der Waals surface area contributed by atoms with Crippen LogP contribution >= 0.6 is 0 Å². The summed E-state index contributed by atoms with van der Waals surface area (Å²) in [6, 6.07) is 7.88. The van der Waals surface area contributed by atoms with Gasteiger partial charge >= 0.3 is 0 Å². The third kappa shape index (κ3) is 9.11. The van der Waals surface area contributed by atoms with Gasteiger partial charge in [-0.3, -0.25) is 4.79 Å². The summed E-state index contributed by atoms with van der Waals surface area (Å²) in [6.07, 6.45) is 7.90. The van der Waals surface area contributed by atoms with Crippen LogP contribution in [0, 0.1) is 6.92 Å². The third-order valence-electron chi connectivity index (χ3n) is 3.47. The van der Waals surface area contributed by atoms with Crippen molar-refractivity contribution in [2.45, 2.75) is 58.8 Å². The Morgan fingerprint density at radius 3 is 2.43 bits per heavy atom. The molecule has 1 N–H and O–H groups in total. The van der Waals surface area contributed by atoms with Crippen molar-refractivity contribution in [3.05, 3.63) is 29.8 Å². The summed E-state index contributed by atoms with van der Waals surface area (Å²) < 4.78 is 5.54. The molecular weight excluding hydrogens is 262 g/mol. The second kappa shape index (κ2) is 11.2. The van der Waals surface area contributed by atoms with Crippen LogP contribution in [0.2, 0.25) is 0 Å². The molecule has 0 radical (unpaired) electrons. The average Bonchev–Trinajstić information content (AvgIpc) is 2.48. The van der Waals surface area contributed by atoms with E-state index in [4.69, 9.17) is 4.74 Å². The number of amides is 1. The Morgan fingerprint density at radius 2 is 1.71 bits per heavy atom. The number of benzene rings is 1. The molecule has 0 fully saturated rings. The smallest absolute Gasteiger partial charge is 0.223 e. The van der Waals surface area contributed by atoms with Gasteiger partial charge in [0, 0.05) is 6.54 Å². The van der Waals surface area contributed by atoms with Crippen LogP contribution < -0.4 is 10.1 Å². The first-order valence-corrected chi connectivity index (χ1v) is 8.18. The van der Waals surface area contributed by atoms with Gasteiger partial charge in [0.1, 0.15) is 5.75 Å². The molecule has 1 rings (SSSR count). The maximum Gasteiger partial charge on any atom is 0.223 e. The van der Waals surface area contributed by atoms with Crippen molar-refractivity contribution >= 4 is 5.91 Å². The lowest BCUT2D eigenvalue weighted by Crippen LogP contribution is -2.25. The molecule has 0 aliphatic rings. The quantitative estimate of drug-likeness (QED) is 0.619. The van der Waals surface area contributed by atoms with Crippen molar-refractivity contribution in [1.82, 2.24) is 5.32 Å². The summed E-state index contributed by atoms with van der Waals surface area (Å²) in [5.41, 5.74) is 1.21. The Morgan fingerprint density at radius 1 is 1.05 bits per heavy atom. The van der Waals surface area contributed by atoms with E-state index < -0.39 is 0 Å². The van der Waals surface area contributed by atoms with Crippen molar-refractivity contribution in [2.75, 3.05) is 13.2 Å². The number of ether oxygens (including phenoxy) is 1. The van der Waals surface area contributed by atoms with Crippen LogP contribution in [0.5, 0.6) is 5.75 Å². The second-order valence-corrected chi connectivity index (χ2v) is 5.53. The monoisotopic (exact) mass is 291 g/mol. The molecule has 0 saturated carbocycles. The zero-order valence-electron chi connectivity index (χ0n) is 13.5. The van der Waals surface area contributed by atoms with E-state index in [1.165, 1.54) is 37.7 Å². The van der Waals surface area contributed by atoms with E-state index in [1.54, 1.807) is 0 Å². The Kier molecular flexibility index (Phi) is 9.34. The van der Waals surface area contributed by atoms with Crippen molar-refractivity contribution in [3.8, 4) is 5.75 Å². The SMILES string of the molecule is CCCCCCCCNC(=O)CCOc1ccc(C)cc1. The predicted octanol–water partition coefficient (Wildman–Crippen LogP) is 4.24. The summed E-state index contributed by atoms with van der Waals surface area (Å²) in [4.78, 5) is 11.6. The maximum absolute atomic E-state index is 11.6. The number of carbonyl (C=O) groups is 1. The highest BCUT2D eigenvalue weighted by Gasteiger charge is 2.01. The van der Waals surface area contributed by atoms with Crippen molar-refractivity contribution < 1.29 is 9.53 Å². The van der Waals surface area contributed by atoms with Crippen molar-refractivity contribution in [1.29, 1.82) is 0 Å². The molecular formula is C18H29NO2. The number of rotatable bonds is 11. The molecule has 21 heavy (non-hydrogen) atoms. The normalized spacial score (nSPS) is 10.4. The van der Waals surface area contributed by atoms with Crippen LogP contribution in [0.15, 0.2) is 24.3 Å². The number of carbonyl (C=O) groups excluding carboxylic acids is 1. The first kappa shape index (κ1) is 17.5. The Labute approximate surface area is 129 Å². The molecule has 3 heteroatoms. The van der Waals surface area contributed by atoms with Crippen molar-refractivity contribution in [2.24, 2.45) is 0 Å². The summed E-state index contributed by atoms with van der Waals surface area (Å²) >= 11 is 0. The molecule has 1 aromatic carbocycles. The Hall–Kier alpha value is -1.51. The fourth-order valence-electron chi connectivity index (χ4n) is 2.12. The van der Waals surface area contributed by atoms with Gasteiger partial charge in [-0.15, -0.1) is 0 Å².